The number of hydrogen-bond acceptors (Lipinski definition) is 3. The summed E-state index contributed by atoms with van der Waals surface area (Å²) in [7, 11) is -4.04. The van der Waals surface area contributed by atoms with Crippen LogP contribution in [0.25, 0.3) is 0 Å². The Morgan fingerprint density at radius 1 is 1.16 bits per heavy atom. The number of nitrogens with zero attached hydrogens (tertiary/aromatic N) is 1. The van der Waals surface area contributed by atoms with E-state index < -0.39 is 26.6 Å². The summed E-state index contributed by atoms with van der Waals surface area (Å²) in [6.07, 6.45) is 1.52. The maximum absolute atomic E-state index is 13.4. The van der Waals surface area contributed by atoms with Crippen molar-refractivity contribution in [3.8, 4) is 0 Å². The van der Waals surface area contributed by atoms with Gasteiger partial charge in [-0.15, -0.1) is 0 Å². The van der Waals surface area contributed by atoms with Gasteiger partial charge in [0.15, 0.2) is 0 Å². The number of rotatable bonds is 4. The summed E-state index contributed by atoms with van der Waals surface area (Å²) >= 11 is 0. The second-order valence-electron chi connectivity index (χ2n) is 3.72. The molecule has 0 bridgehead atoms. The summed E-state index contributed by atoms with van der Waals surface area (Å²) in [5.74, 6) is -1.96. The molecule has 4 nitrogen and oxygen atoms in total. The number of halogens is 2. The molecule has 100 valence electrons. The molecule has 2 aromatic rings. The molecule has 1 N–H and O–H groups in total. The zero-order valence-electron chi connectivity index (χ0n) is 9.68. The van der Waals surface area contributed by atoms with Crippen LogP contribution in [0.3, 0.4) is 0 Å². The van der Waals surface area contributed by atoms with Crippen LogP contribution in [0.4, 0.5) is 8.78 Å². The molecule has 19 heavy (non-hydrogen) atoms. The van der Waals surface area contributed by atoms with E-state index in [1.54, 1.807) is 18.2 Å². The standard InChI is InChI=1S/C12H10F2N2O2S/c13-9-4-5-12(11(14)7-9)19(17,18)16-8-10-3-1-2-6-15-10/h1-7,16H,8H2. The molecule has 0 aliphatic carbocycles. The molecule has 1 aromatic carbocycles. The van der Waals surface area contributed by atoms with E-state index in [0.29, 0.717) is 11.8 Å². The van der Waals surface area contributed by atoms with Gasteiger partial charge in [0.1, 0.15) is 16.5 Å². The average Bonchev–Trinajstić information content (AvgIpc) is 2.37. The molecule has 2 rings (SSSR count). The van der Waals surface area contributed by atoms with Gasteiger partial charge < -0.3 is 0 Å². The van der Waals surface area contributed by atoms with Crippen LogP contribution in [-0.4, -0.2) is 13.4 Å². The fourth-order valence-corrected chi connectivity index (χ4v) is 2.50. The second kappa shape index (κ2) is 5.41. The third-order valence-electron chi connectivity index (χ3n) is 2.35. The van der Waals surface area contributed by atoms with Crippen LogP contribution in [0.5, 0.6) is 0 Å². The normalized spacial score (nSPS) is 11.5. The molecule has 1 heterocycles. The molecular formula is C12H10F2N2O2S. The molecular weight excluding hydrogens is 274 g/mol. The van der Waals surface area contributed by atoms with E-state index in [2.05, 4.69) is 9.71 Å². The predicted molar refractivity (Wildman–Crippen MR) is 64.6 cm³/mol. The molecule has 1 aromatic heterocycles. The Morgan fingerprint density at radius 3 is 2.58 bits per heavy atom. The summed E-state index contributed by atoms with van der Waals surface area (Å²) in [5.41, 5.74) is 0.494. The Labute approximate surface area is 109 Å². The first kappa shape index (κ1) is 13.6. The van der Waals surface area contributed by atoms with Gasteiger partial charge >= 0.3 is 0 Å². The lowest BCUT2D eigenvalue weighted by atomic mass is 10.3. The predicted octanol–water partition coefficient (Wildman–Crippen LogP) is 1.84. The van der Waals surface area contributed by atoms with Gasteiger partial charge in [0.2, 0.25) is 10.0 Å². The molecule has 0 aliphatic heterocycles. The van der Waals surface area contributed by atoms with Crippen molar-refractivity contribution in [2.75, 3.05) is 0 Å². The van der Waals surface area contributed by atoms with Crippen LogP contribution in [0.2, 0.25) is 0 Å². The van der Waals surface area contributed by atoms with Crippen LogP contribution in [0.1, 0.15) is 5.69 Å². The maximum Gasteiger partial charge on any atom is 0.243 e. The van der Waals surface area contributed by atoms with E-state index in [9.17, 15) is 17.2 Å². The number of benzene rings is 1. The molecule has 0 unspecified atom stereocenters. The zero-order chi connectivity index (χ0) is 13.9. The Kier molecular flexibility index (Phi) is 3.87. The minimum atomic E-state index is -4.04. The van der Waals surface area contributed by atoms with Gasteiger partial charge in [0, 0.05) is 12.3 Å². The monoisotopic (exact) mass is 284 g/mol. The van der Waals surface area contributed by atoms with Crippen molar-refractivity contribution in [2.45, 2.75) is 11.4 Å². The number of aromatic nitrogens is 1. The van der Waals surface area contributed by atoms with Gasteiger partial charge in [-0.25, -0.2) is 21.9 Å². The Balaban J connectivity index is 2.19. The first-order valence-electron chi connectivity index (χ1n) is 5.34. The number of nitrogens with one attached hydrogen (secondary N) is 1. The molecule has 0 radical (unpaired) electrons. The number of pyridine rings is 1. The van der Waals surface area contributed by atoms with Crippen molar-refractivity contribution in [1.29, 1.82) is 0 Å². The third kappa shape index (κ3) is 3.33. The Bertz CT molecular complexity index is 675. The summed E-state index contributed by atoms with van der Waals surface area (Å²) in [5, 5.41) is 0. The smallest absolute Gasteiger partial charge is 0.243 e. The molecule has 0 amide bonds. The highest BCUT2D eigenvalue weighted by molar-refractivity contribution is 7.89. The topological polar surface area (TPSA) is 59.1 Å². The maximum atomic E-state index is 13.4. The lowest BCUT2D eigenvalue weighted by Gasteiger charge is -2.07. The van der Waals surface area contributed by atoms with Crippen LogP contribution in [-0.2, 0) is 16.6 Å². The minimum Gasteiger partial charge on any atom is -0.260 e. The van der Waals surface area contributed by atoms with Crippen molar-refractivity contribution in [3.63, 3.8) is 0 Å². The highest BCUT2D eigenvalue weighted by atomic mass is 32.2. The van der Waals surface area contributed by atoms with Gasteiger partial charge in [-0.05, 0) is 24.3 Å². The van der Waals surface area contributed by atoms with Crippen molar-refractivity contribution < 1.29 is 17.2 Å². The van der Waals surface area contributed by atoms with Crippen LogP contribution in [0.15, 0.2) is 47.5 Å². The van der Waals surface area contributed by atoms with Crippen molar-refractivity contribution in [3.05, 3.63) is 59.9 Å². The summed E-state index contributed by atoms with van der Waals surface area (Å²) < 4.78 is 52.0. The van der Waals surface area contributed by atoms with Gasteiger partial charge in [-0.2, -0.15) is 0 Å². The van der Waals surface area contributed by atoms with Crippen molar-refractivity contribution in [1.82, 2.24) is 9.71 Å². The van der Waals surface area contributed by atoms with E-state index in [1.807, 2.05) is 0 Å². The lowest BCUT2D eigenvalue weighted by molar-refractivity contribution is 0.542. The van der Waals surface area contributed by atoms with E-state index in [0.717, 1.165) is 12.1 Å². The van der Waals surface area contributed by atoms with E-state index in [4.69, 9.17) is 0 Å². The molecule has 0 spiro atoms. The second-order valence-corrected chi connectivity index (χ2v) is 5.46. The van der Waals surface area contributed by atoms with Gasteiger partial charge in [-0.3, -0.25) is 4.98 Å². The summed E-state index contributed by atoms with van der Waals surface area (Å²) in [6.45, 7) is -0.0695. The molecule has 0 atom stereocenters. The van der Waals surface area contributed by atoms with E-state index in [1.165, 1.54) is 6.20 Å². The fraction of sp³-hybridized carbons (Fsp3) is 0.0833. The van der Waals surface area contributed by atoms with Crippen molar-refractivity contribution in [2.24, 2.45) is 0 Å². The van der Waals surface area contributed by atoms with Crippen LogP contribution in [0, 0.1) is 11.6 Å². The fourth-order valence-electron chi connectivity index (χ4n) is 1.44. The summed E-state index contributed by atoms with van der Waals surface area (Å²) in [6, 6.07) is 7.31. The first-order valence-corrected chi connectivity index (χ1v) is 6.82. The largest absolute Gasteiger partial charge is 0.260 e. The van der Waals surface area contributed by atoms with Gasteiger partial charge in [-0.1, -0.05) is 6.07 Å². The van der Waals surface area contributed by atoms with E-state index >= 15 is 0 Å². The molecule has 0 saturated heterocycles. The van der Waals surface area contributed by atoms with Crippen LogP contribution < -0.4 is 4.72 Å². The SMILES string of the molecule is O=S(=O)(NCc1ccccn1)c1ccc(F)cc1F. The Hall–Kier alpha value is -1.86. The first-order chi connectivity index (χ1) is 8.99. The molecule has 0 aliphatic rings. The number of hydrogen-bond donors (Lipinski definition) is 1. The third-order valence-corrected chi connectivity index (χ3v) is 3.79. The lowest BCUT2D eigenvalue weighted by Crippen LogP contribution is -2.24. The van der Waals surface area contributed by atoms with Crippen LogP contribution >= 0.6 is 0 Å². The summed E-state index contributed by atoms with van der Waals surface area (Å²) in [4.78, 5) is 3.34. The van der Waals surface area contributed by atoms with Crippen molar-refractivity contribution >= 4 is 10.0 Å². The minimum absolute atomic E-state index is 0.0695. The van der Waals surface area contributed by atoms with E-state index in [-0.39, 0.29) is 6.54 Å². The molecule has 7 heteroatoms. The molecule has 0 fully saturated rings. The quantitative estimate of drug-likeness (QED) is 0.932. The average molecular weight is 284 g/mol. The Morgan fingerprint density at radius 2 is 1.95 bits per heavy atom. The zero-order valence-corrected chi connectivity index (χ0v) is 10.5. The van der Waals surface area contributed by atoms with Gasteiger partial charge in [0.25, 0.3) is 0 Å². The van der Waals surface area contributed by atoms with Gasteiger partial charge in [0.05, 0.1) is 12.2 Å². The highest BCUT2D eigenvalue weighted by Crippen LogP contribution is 2.15. The number of sulfonamides is 1. The molecule has 0 saturated carbocycles. The highest BCUT2D eigenvalue weighted by Gasteiger charge is 2.19.